The minimum Gasteiger partial charge on any atom is -0.463 e. The van der Waals surface area contributed by atoms with Crippen molar-refractivity contribution in [2.75, 3.05) is 39.3 Å². The number of nitrogens with zero attached hydrogens (tertiary/aromatic N) is 3. The molecule has 1 fully saturated rings. The van der Waals surface area contributed by atoms with Gasteiger partial charge in [0, 0.05) is 44.5 Å². The van der Waals surface area contributed by atoms with Crippen molar-refractivity contribution in [1.82, 2.24) is 20.0 Å². The fourth-order valence-corrected chi connectivity index (χ4v) is 5.75. The molecular weight excluding hydrogens is 563 g/mol. The van der Waals surface area contributed by atoms with Gasteiger partial charge in [-0.2, -0.15) is 0 Å². The van der Waals surface area contributed by atoms with Crippen LogP contribution in [0.5, 0.6) is 0 Å². The summed E-state index contributed by atoms with van der Waals surface area (Å²) in [6.07, 6.45) is 0. The predicted molar refractivity (Wildman–Crippen MR) is 152 cm³/mol. The first-order chi connectivity index (χ1) is 18.7. The number of carbonyl (C=O) groups is 3. The zero-order chi connectivity index (χ0) is 28.3. The Kier molecular flexibility index (Phi) is 9.43. The summed E-state index contributed by atoms with van der Waals surface area (Å²) in [5.74, 6) is -0.658. The number of benzene rings is 2. The van der Waals surface area contributed by atoms with Crippen LogP contribution in [0.3, 0.4) is 0 Å². The SMILES string of the molecule is CCOC(=O)C1=C(CN2CCN(C(=O)c3ccccc3Cl)[C@@H](C)C2)N(CC)C(=O)N[C@H]1c1cccc(Cl)c1Cl. The maximum Gasteiger partial charge on any atom is 0.338 e. The molecule has 3 amide bonds. The van der Waals surface area contributed by atoms with Crippen molar-refractivity contribution >= 4 is 52.7 Å². The highest BCUT2D eigenvalue weighted by atomic mass is 35.5. The van der Waals surface area contributed by atoms with Crippen LogP contribution in [0, 0.1) is 0 Å². The smallest absolute Gasteiger partial charge is 0.338 e. The van der Waals surface area contributed by atoms with Crippen molar-refractivity contribution in [2.45, 2.75) is 32.9 Å². The summed E-state index contributed by atoms with van der Waals surface area (Å²) in [5, 5.41) is 3.91. The van der Waals surface area contributed by atoms with E-state index in [2.05, 4.69) is 10.2 Å². The lowest BCUT2D eigenvalue weighted by Crippen LogP contribution is -2.56. The van der Waals surface area contributed by atoms with Gasteiger partial charge in [0.1, 0.15) is 0 Å². The molecule has 0 aromatic heterocycles. The fraction of sp³-hybridized carbons (Fsp3) is 0.393. The zero-order valence-electron chi connectivity index (χ0n) is 22.0. The highest BCUT2D eigenvalue weighted by Gasteiger charge is 2.40. The van der Waals surface area contributed by atoms with E-state index in [-0.39, 0.29) is 29.6 Å². The molecule has 4 rings (SSSR count). The lowest BCUT2D eigenvalue weighted by molar-refractivity contribution is -0.139. The molecule has 1 N–H and O–H groups in total. The van der Waals surface area contributed by atoms with Gasteiger partial charge in [-0.1, -0.05) is 59.1 Å². The first kappa shape index (κ1) is 29.2. The minimum absolute atomic E-state index is 0.123. The molecule has 2 atom stereocenters. The van der Waals surface area contributed by atoms with Gasteiger partial charge in [-0.3, -0.25) is 14.6 Å². The average Bonchev–Trinajstić information content (AvgIpc) is 2.90. The Labute approximate surface area is 243 Å². The highest BCUT2D eigenvalue weighted by molar-refractivity contribution is 6.42. The second-order valence-corrected chi connectivity index (χ2v) is 10.6. The minimum atomic E-state index is -0.832. The number of hydrogen-bond donors (Lipinski definition) is 1. The summed E-state index contributed by atoms with van der Waals surface area (Å²) < 4.78 is 5.45. The third kappa shape index (κ3) is 6.04. The molecule has 2 aromatic carbocycles. The van der Waals surface area contributed by atoms with Gasteiger partial charge in [-0.05, 0) is 44.5 Å². The van der Waals surface area contributed by atoms with Crippen LogP contribution in [0.25, 0.3) is 0 Å². The van der Waals surface area contributed by atoms with Crippen LogP contribution in [0.4, 0.5) is 4.79 Å². The predicted octanol–water partition coefficient (Wildman–Crippen LogP) is 5.40. The lowest BCUT2D eigenvalue weighted by Gasteiger charge is -2.43. The quantitative estimate of drug-likeness (QED) is 0.435. The number of carbonyl (C=O) groups excluding carboxylic acids is 3. The number of nitrogens with one attached hydrogen (secondary N) is 1. The van der Waals surface area contributed by atoms with Crippen LogP contribution in [0.15, 0.2) is 53.7 Å². The van der Waals surface area contributed by atoms with E-state index in [0.29, 0.717) is 65.2 Å². The maximum absolute atomic E-state index is 13.4. The van der Waals surface area contributed by atoms with Crippen molar-refractivity contribution in [3.63, 3.8) is 0 Å². The molecule has 2 aromatic rings. The second kappa shape index (κ2) is 12.6. The summed E-state index contributed by atoms with van der Waals surface area (Å²) >= 11 is 19.1. The van der Waals surface area contributed by atoms with Crippen molar-refractivity contribution in [3.05, 3.63) is 79.9 Å². The Morgan fingerprint density at radius 2 is 1.74 bits per heavy atom. The molecule has 2 aliphatic heterocycles. The number of halogens is 3. The van der Waals surface area contributed by atoms with Gasteiger partial charge in [-0.15, -0.1) is 0 Å². The molecule has 2 aliphatic rings. The molecule has 8 nitrogen and oxygen atoms in total. The number of urea groups is 1. The molecule has 0 aliphatic carbocycles. The molecule has 0 bridgehead atoms. The Balaban J connectivity index is 1.66. The molecule has 0 spiro atoms. The van der Waals surface area contributed by atoms with E-state index >= 15 is 0 Å². The van der Waals surface area contributed by atoms with Gasteiger partial charge in [0.2, 0.25) is 0 Å². The Bertz CT molecular complexity index is 1300. The van der Waals surface area contributed by atoms with Crippen molar-refractivity contribution in [3.8, 4) is 0 Å². The van der Waals surface area contributed by atoms with E-state index in [0.717, 1.165) is 0 Å². The normalized spacial score (nSPS) is 20.2. The summed E-state index contributed by atoms with van der Waals surface area (Å²) in [7, 11) is 0. The Morgan fingerprint density at radius 1 is 1.03 bits per heavy atom. The molecule has 2 heterocycles. The van der Waals surface area contributed by atoms with Crippen molar-refractivity contribution in [1.29, 1.82) is 0 Å². The molecular formula is C28H31Cl3N4O4. The monoisotopic (exact) mass is 592 g/mol. The van der Waals surface area contributed by atoms with E-state index in [1.165, 1.54) is 0 Å². The number of rotatable bonds is 7. The number of hydrogen-bond acceptors (Lipinski definition) is 5. The highest BCUT2D eigenvalue weighted by Crippen LogP contribution is 2.38. The number of esters is 1. The number of ether oxygens (including phenoxy) is 1. The molecule has 0 unspecified atom stereocenters. The summed E-state index contributed by atoms with van der Waals surface area (Å²) in [6, 6.07) is 10.8. The van der Waals surface area contributed by atoms with Gasteiger partial charge in [0.25, 0.3) is 5.91 Å². The molecule has 208 valence electrons. The standard InChI is InChI=1S/C28H31Cl3N4O4/c1-4-34-22(16-33-13-14-35(17(3)15-33)26(36)18-9-6-7-11-20(18)29)23(27(37)39-5-2)25(32-28(34)38)19-10-8-12-21(30)24(19)31/h6-12,17,25H,4-5,13-16H2,1-3H3,(H,32,38)/t17-,25-/m0/s1. The van der Waals surface area contributed by atoms with Crippen LogP contribution in [0.1, 0.15) is 42.7 Å². The van der Waals surface area contributed by atoms with Crippen LogP contribution >= 0.6 is 34.8 Å². The lowest BCUT2D eigenvalue weighted by atomic mass is 9.93. The first-order valence-electron chi connectivity index (χ1n) is 12.9. The Hall–Kier alpha value is -2.78. The van der Waals surface area contributed by atoms with Crippen molar-refractivity contribution in [2.24, 2.45) is 0 Å². The topological polar surface area (TPSA) is 82.2 Å². The van der Waals surface area contributed by atoms with Gasteiger partial charge >= 0.3 is 12.0 Å². The fourth-order valence-electron chi connectivity index (χ4n) is 5.11. The molecule has 0 radical (unpaired) electrons. The van der Waals surface area contributed by atoms with E-state index in [1.54, 1.807) is 59.2 Å². The number of piperazine rings is 1. The van der Waals surface area contributed by atoms with Crippen LogP contribution in [0.2, 0.25) is 15.1 Å². The molecule has 11 heteroatoms. The number of amides is 3. The zero-order valence-corrected chi connectivity index (χ0v) is 24.3. The summed E-state index contributed by atoms with van der Waals surface area (Å²) in [6.45, 7) is 7.93. The molecule has 39 heavy (non-hydrogen) atoms. The average molecular weight is 594 g/mol. The first-order valence-corrected chi connectivity index (χ1v) is 14.0. The van der Waals surface area contributed by atoms with Crippen LogP contribution in [-0.4, -0.2) is 78.0 Å². The van der Waals surface area contributed by atoms with Crippen molar-refractivity contribution < 1.29 is 19.1 Å². The second-order valence-electron chi connectivity index (χ2n) is 9.41. The van der Waals surface area contributed by atoms with E-state index < -0.39 is 12.0 Å². The van der Waals surface area contributed by atoms with Crippen LogP contribution in [-0.2, 0) is 9.53 Å². The summed E-state index contributed by atoms with van der Waals surface area (Å²) in [5.41, 5.74) is 1.83. The van der Waals surface area contributed by atoms with E-state index in [4.69, 9.17) is 39.5 Å². The summed E-state index contributed by atoms with van der Waals surface area (Å²) in [4.78, 5) is 45.3. The molecule has 0 saturated carbocycles. The molecule has 1 saturated heterocycles. The maximum atomic E-state index is 13.4. The van der Waals surface area contributed by atoms with E-state index in [1.807, 2.05) is 13.8 Å². The van der Waals surface area contributed by atoms with Gasteiger partial charge in [0.15, 0.2) is 0 Å². The van der Waals surface area contributed by atoms with Gasteiger partial charge in [-0.25, -0.2) is 9.59 Å². The van der Waals surface area contributed by atoms with E-state index in [9.17, 15) is 14.4 Å². The third-order valence-electron chi connectivity index (χ3n) is 6.99. The van der Waals surface area contributed by atoms with Gasteiger partial charge < -0.3 is 15.0 Å². The van der Waals surface area contributed by atoms with Crippen LogP contribution < -0.4 is 5.32 Å². The largest absolute Gasteiger partial charge is 0.463 e. The number of likely N-dealkylation sites (N-methyl/N-ethyl adjacent to an activating group) is 1. The third-order valence-corrected chi connectivity index (χ3v) is 8.16. The Morgan fingerprint density at radius 3 is 2.41 bits per heavy atom. The van der Waals surface area contributed by atoms with Gasteiger partial charge in [0.05, 0.1) is 38.9 Å².